The fraction of sp³-hybridized carbons (Fsp3) is 0.227. The van der Waals surface area contributed by atoms with E-state index in [9.17, 15) is 9.90 Å². The summed E-state index contributed by atoms with van der Waals surface area (Å²) in [6, 6.07) is 15.6. The van der Waals surface area contributed by atoms with Gasteiger partial charge in [-0.2, -0.15) is 0 Å². The summed E-state index contributed by atoms with van der Waals surface area (Å²) in [6.07, 6.45) is 3.16. The molecule has 3 aromatic rings. The number of hydrogen-bond acceptors (Lipinski definition) is 6. The molecule has 0 aliphatic heterocycles. The Morgan fingerprint density at radius 3 is 2.64 bits per heavy atom. The maximum atomic E-state index is 12.8. The smallest absolute Gasteiger partial charge is 0.342 e. The Balaban J connectivity index is 2.03. The van der Waals surface area contributed by atoms with Crippen molar-refractivity contribution in [2.24, 2.45) is 0 Å². The predicted molar refractivity (Wildman–Crippen MR) is 109 cm³/mol. The van der Waals surface area contributed by atoms with Gasteiger partial charge < -0.3 is 19.0 Å². The molecule has 0 bridgehead atoms. The van der Waals surface area contributed by atoms with Gasteiger partial charge in [0.1, 0.15) is 17.9 Å². The summed E-state index contributed by atoms with van der Waals surface area (Å²) >= 11 is 1.63. The van der Waals surface area contributed by atoms with Crippen molar-refractivity contribution in [1.82, 2.24) is 0 Å². The highest BCUT2D eigenvalue weighted by Gasteiger charge is 2.23. The molecular formula is C22H22O5S. The number of thioether (sulfide) groups is 1. The van der Waals surface area contributed by atoms with Crippen molar-refractivity contribution >= 4 is 17.7 Å². The quantitative estimate of drug-likeness (QED) is 0.413. The molecule has 0 saturated heterocycles. The first-order chi connectivity index (χ1) is 13.7. The number of aliphatic hydroxyl groups excluding tert-OH is 1. The van der Waals surface area contributed by atoms with Crippen LogP contribution >= 0.6 is 11.8 Å². The van der Waals surface area contributed by atoms with E-state index in [-0.39, 0.29) is 19.8 Å². The van der Waals surface area contributed by atoms with E-state index in [0.29, 0.717) is 17.1 Å². The summed E-state index contributed by atoms with van der Waals surface area (Å²) in [5.74, 6) is 0.545. The van der Waals surface area contributed by atoms with Crippen molar-refractivity contribution in [1.29, 1.82) is 0 Å². The number of aliphatic hydroxyl groups is 1. The van der Waals surface area contributed by atoms with Crippen LogP contribution in [0.2, 0.25) is 0 Å². The van der Waals surface area contributed by atoms with Gasteiger partial charge in [-0.25, -0.2) is 4.79 Å². The van der Waals surface area contributed by atoms with E-state index in [1.54, 1.807) is 37.3 Å². The van der Waals surface area contributed by atoms with E-state index in [1.165, 1.54) is 0 Å². The van der Waals surface area contributed by atoms with E-state index >= 15 is 0 Å². The lowest BCUT2D eigenvalue weighted by Gasteiger charge is -2.18. The minimum atomic E-state index is -0.440. The second-order valence-electron chi connectivity index (χ2n) is 5.88. The molecule has 0 fully saturated rings. The zero-order chi connectivity index (χ0) is 19.8. The van der Waals surface area contributed by atoms with E-state index in [0.717, 1.165) is 21.6 Å². The van der Waals surface area contributed by atoms with Crippen molar-refractivity contribution in [3.05, 3.63) is 72.2 Å². The van der Waals surface area contributed by atoms with Crippen LogP contribution < -0.4 is 4.74 Å². The van der Waals surface area contributed by atoms with Crippen molar-refractivity contribution in [2.75, 3.05) is 19.8 Å². The third-order valence-corrected chi connectivity index (χ3v) is 5.09. The van der Waals surface area contributed by atoms with E-state index in [4.69, 9.17) is 13.9 Å². The molecule has 0 spiro atoms. The first-order valence-corrected chi connectivity index (χ1v) is 10.00. The Kier molecular flexibility index (Phi) is 7.17. The summed E-state index contributed by atoms with van der Waals surface area (Å²) in [4.78, 5) is 13.9. The number of esters is 1. The van der Waals surface area contributed by atoms with Gasteiger partial charge in [-0.1, -0.05) is 30.3 Å². The predicted octanol–water partition coefficient (Wildman–Crippen LogP) is 4.79. The number of carbonyl (C=O) groups is 1. The maximum absolute atomic E-state index is 12.8. The molecule has 1 aromatic heterocycles. The highest BCUT2D eigenvalue weighted by atomic mass is 32.2. The lowest BCUT2D eigenvalue weighted by atomic mass is 9.99. The Morgan fingerprint density at radius 1 is 1.14 bits per heavy atom. The van der Waals surface area contributed by atoms with Gasteiger partial charge >= 0.3 is 5.97 Å². The summed E-state index contributed by atoms with van der Waals surface area (Å²) in [7, 11) is 0. The van der Waals surface area contributed by atoms with Crippen LogP contribution in [0.1, 0.15) is 22.8 Å². The molecule has 0 atom stereocenters. The van der Waals surface area contributed by atoms with Gasteiger partial charge in [-0.3, -0.25) is 0 Å². The average Bonchev–Trinajstić information content (AvgIpc) is 3.26. The molecule has 1 heterocycles. The van der Waals surface area contributed by atoms with Crippen LogP contribution in [-0.4, -0.2) is 30.9 Å². The molecule has 0 aliphatic carbocycles. The van der Waals surface area contributed by atoms with Crippen LogP contribution in [0.25, 0.3) is 11.1 Å². The third-order valence-electron chi connectivity index (χ3n) is 4.03. The number of hydrogen-bond donors (Lipinski definition) is 1. The van der Waals surface area contributed by atoms with Gasteiger partial charge in [-0.15, -0.1) is 11.8 Å². The minimum absolute atomic E-state index is 0.0759. The monoisotopic (exact) mass is 398 g/mol. The van der Waals surface area contributed by atoms with E-state index < -0.39 is 5.97 Å². The second kappa shape index (κ2) is 10.0. The maximum Gasteiger partial charge on any atom is 0.342 e. The SMILES string of the molecule is CCOC(=O)c1c(CSc2ccccc2)ccc(-c2ccoc2)c1OCCO. The Bertz CT molecular complexity index is 891. The zero-order valence-corrected chi connectivity index (χ0v) is 16.4. The molecule has 0 amide bonds. The summed E-state index contributed by atoms with van der Waals surface area (Å²) in [5.41, 5.74) is 2.71. The fourth-order valence-corrected chi connectivity index (χ4v) is 3.70. The van der Waals surface area contributed by atoms with Gasteiger partial charge in [-0.05, 0) is 30.7 Å². The highest BCUT2D eigenvalue weighted by Crippen LogP contribution is 2.38. The van der Waals surface area contributed by atoms with Crippen LogP contribution in [0.5, 0.6) is 5.75 Å². The lowest BCUT2D eigenvalue weighted by molar-refractivity contribution is 0.0519. The van der Waals surface area contributed by atoms with Crippen LogP contribution in [-0.2, 0) is 10.5 Å². The minimum Gasteiger partial charge on any atom is -0.490 e. The number of carbonyl (C=O) groups excluding carboxylic acids is 1. The van der Waals surface area contributed by atoms with Crippen molar-refractivity contribution in [3.8, 4) is 16.9 Å². The highest BCUT2D eigenvalue weighted by molar-refractivity contribution is 7.98. The van der Waals surface area contributed by atoms with Crippen molar-refractivity contribution < 1.29 is 23.8 Å². The van der Waals surface area contributed by atoms with Crippen LogP contribution in [0.4, 0.5) is 0 Å². The topological polar surface area (TPSA) is 68.9 Å². The first-order valence-electron chi connectivity index (χ1n) is 9.01. The molecule has 28 heavy (non-hydrogen) atoms. The number of ether oxygens (including phenoxy) is 2. The molecule has 146 valence electrons. The molecule has 6 heteroatoms. The van der Waals surface area contributed by atoms with E-state index in [2.05, 4.69) is 0 Å². The molecule has 0 aliphatic rings. The number of rotatable bonds is 9. The Labute approximate surface area is 168 Å². The van der Waals surface area contributed by atoms with Crippen molar-refractivity contribution in [3.63, 3.8) is 0 Å². The number of benzene rings is 2. The molecule has 0 radical (unpaired) electrons. The van der Waals surface area contributed by atoms with E-state index in [1.807, 2.05) is 42.5 Å². The van der Waals surface area contributed by atoms with Crippen LogP contribution in [0, 0.1) is 0 Å². The fourth-order valence-electron chi connectivity index (χ4n) is 2.79. The van der Waals surface area contributed by atoms with Gasteiger partial charge in [0.15, 0.2) is 0 Å². The largest absolute Gasteiger partial charge is 0.490 e. The molecule has 1 N–H and O–H groups in total. The van der Waals surface area contributed by atoms with Crippen LogP contribution in [0.15, 0.2) is 70.4 Å². The summed E-state index contributed by atoms with van der Waals surface area (Å²) in [5, 5.41) is 9.24. The lowest BCUT2D eigenvalue weighted by Crippen LogP contribution is -2.13. The molecule has 5 nitrogen and oxygen atoms in total. The summed E-state index contributed by atoms with van der Waals surface area (Å²) in [6.45, 7) is 1.95. The average molecular weight is 398 g/mol. The molecule has 3 rings (SSSR count). The summed E-state index contributed by atoms with van der Waals surface area (Å²) < 4.78 is 16.3. The second-order valence-corrected chi connectivity index (χ2v) is 6.93. The normalized spacial score (nSPS) is 10.6. The van der Waals surface area contributed by atoms with Gasteiger partial charge in [0.25, 0.3) is 0 Å². The van der Waals surface area contributed by atoms with Gasteiger partial charge in [0, 0.05) is 21.8 Å². The van der Waals surface area contributed by atoms with Crippen LogP contribution in [0.3, 0.4) is 0 Å². The first kappa shape index (κ1) is 20.0. The standard InChI is InChI=1S/C22H22O5S/c1-2-26-22(24)20-17(15-28-18-6-4-3-5-7-18)8-9-19(16-10-12-25-14-16)21(20)27-13-11-23/h3-10,12,14,23H,2,11,13,15H2,1H3. The Morgan fingerprint density at radius 2 is 1.96 bits per heavy atom. The molecule has 0 unspecified atom stereocenters. The van der Waals surface area contributed by atoms with Crippen molar-refractivity contribution in [2.45, 2.75) is 17.6 Å². The molecular weight excluding hydrogens is 376 g/mol. The van der Waals surface area contributed by atoms with Gasteiger partial charge in [0.05, 0.1) is 25.7 Å². The zero-order valence-electron chi connectivity index (χ0n) is 15.6. The van der Waals surface area contributed by atoms with Gasteiger partial charge in [0.2, 0.25) is 0 Å². The Hall–Kier alpha value is -2.70. The molecule has 2 aromatic carbocycles. The molecule has 0 saturated carbocycles. The number of furan rings is 1. The third kappa shape index (κ3) is 4.77.